The zero-order valence-electron chi connectivity index (χ0n) is 12.0. The van der Waals surface area contributed by atoms with Crippen molar-refractivity contribution in [2.75, 3.05) is 11.4 Å². The van der Waals surface area contributed by atoms with Crippen LogP contribution in [0.2, 0.25) is 0 Å². The number of aryl methyl sites for hydroxylation is 1. The molecule has 5 heteroatoms. The lowest BCUT2D eigenvalue weighted by Gasteiger charge is -2.29. The molecule has 1 saturated carbocycles. The van der Waals surface area contributed by atoms with Gasteiger partial charge in [-0.1, -0.05) is 0 Å². The first kappa shape index (κ1) is 13.8. The molecular weight excluding hydrogens is 242 g/mol. The maximum atomic E-state index is 11.5. The van der Waals surface area contributed by atoms with Crippen molar-refractivity contribution in [3.63, 3.8) is 0 Å². The van der Waals surface area contributed by atoms with Gasteiger partial charge < -0.3 is 10.0 Å². The van der Waals surface area contributed by atoms with Crippen molar-refractivity contribution >= 4 is 11.8 Å². The topological polar surface area (TPSA) is 66.3 Å². The molecule has 0 aromatic carbocycles. The van der Waals surface area contributed by atoms with Gasteiger partial charge in [0.05, 0.1) is 5.69 Å². The van der Waals surface area contributed by atoms with Gasteiger partial charge in [-0.05, 0) is 52.0 Å². The third-order valence-corrected chi connectivity index (χ3v) is 3.70. The first-order valence-electron chi connectivity index (χ1n) is 6.75. The van der Waals surface area contributed by atoms with E-state index >= 15 is 0 Å². The van der Waals surface area contributed by atoms with Crippen LogP contribution in [-0.4, -0.2) is 33.9 Å². The van der Waals surface area contributed by atoms with E-state index in [1.54, 1.807) is 13.8 Å². The molecule has 1 aliphatic carbocycles. The monoisotopic (exact) mass is 263 g/mol. The summed E-state index contributed by atoms with van der Waals surface area (Å²) in [4.78, 5) is 13.6. The highest BCUT2D eigenvalue weighted by molar-refractivity contribution is 5.95. The summed E-state index contributed by atoms with van der Waals surface area (Å²) in [5, 5.41) is 17.7. The van der Waals surface area contributed by atoms with Crippen molar-refractivity contribution in [1.82, 2.24) is 10.2 Å². The van der Waals surface area contributed by atoms with E-state index in [0.717, 1.165) is 6.54 Å². The molecule has 2 rings (SSSR count). The van der Waals surface area contributed by atoms with E-state index in [2.05, 4.69) is 28.9 Å². The first-order chi connectivity index (χ1) is 8.91. The molecule has 1 fully saturated rings. The zero-order chi connectivity index (χ0) is 14.2. The molecule has 0 unspecified atom stereocenters. The van der Waals surface area contributed by atoms with E-state index in [9.17, 15) is 9.90 Å². The molecule has 1 N–H and O–H groups in total. The molecule has 0 radical (unpaired) electrons. The lowest BCUT2D eigenvalue weighted by molar-refractivity contribution is 0.0696. The maximum Gasteiger partial charge on any atom is 0.339 e. The molecule has 0 bridgehead atoms. The molecule has 0 spiro atoms. The largest absolute Gasteiger partial charge is 0.478 e. The summed E-state index contributed by atoms with van der Waals surface area (Å²) in [6.45, 7) is 8.58. The highest BCUT2D eigenvalue weighted by atomic mass is 16.4. The quantitative estimate of drug-likeness (QED) is 0.883. The summed E-state index contributed by atoms with van der Waals surface area (Å²) < 4.78 is 0. The number of aromatic nitrogens is 2. The number of carboxylic acids is 1. The van der Waals surface area contributed by atoms with E-state index in [-0.39, 0.29) is 6.04 Å². The van der Waals surface area contributed by atoms with Crippen LogP contribution in [0.4, 0.5) is 5.82 Å². The van der Waals surface area contributed by atoms with Gasteiger partial charge in [0.2, 0.25) is 0 Å². The summed E-state index contributed by atoms with van der Waals surface area (Å²) in [5.74, 6) is 0.261. The molecule has 0 amide bonds. The second kappa shape index (κ2) is 5.15. The van der Waals surface area contributed by atoms with Crippen molar-refractivity contribution in [2.24, 2.45) is 5.92 Å². The average molecular weight is 263 g/mol. The fourth-order valence-corrected chi connectivity index (χ4v) is 2.17. The lowest BCUT2D eigenvalue weighted by Crippen LogP contribution is -2.35. The molecule has 0 saturated heterocycles. The highest BCUT2D eigenvalue weighted by Gasteiger charge is 2.29. The van der Waals surface area contributed by atoms with Crippen molar-refractivity contribution in [3.05, 3.63) is 16.8 Å². The minimum absolute atomic E-state index is 0.218. The number of hydrogen-bond donors (Lipinski definition) is 1. The second-order valence-electron chi connectivity index (χ2n) is 5.60. The highest BCUT2D eigenvalue weighted by Crippen LogP contribution is 2.33. The van der Waals surface area contributed by atoms with Gasteiger partial charge in [-0.3, -0.25) is 0 Å². The Morgan fingerprint density at radius 3 is 2.47 bits per heavy atom. The van der Waals surface area contributed by atoms with E-state index < -0.39 is 5.97 Å². The molecule has 1 aromatic rings. The van der Waals surface area contributed by atoms with Crippen LogP contribution in [0.1, 0.15) is 48.3 Å². The Balaban J connectivity index is 2.45. The number of carboxylic acid groups (broad SMARTS) is 1. The molecule has 1 heterocycles. The normalized spacial score (nSPS) is 14.8. The number of aromatic carboxylic acids is 1. The summed E-state index contributed by atoms with van der Waals surface area (Å²) >= 11 is 0. The summed E-state index contributed by atoms with van der Waals surface area (Å²) in [6.07, 6.45) is 2.45. The Labute approximate surface area is 113 Å². The van der Waals surface area contributed by atoms with Gasteiger partial charge in [0.1, 0.15) is 5.56 Å². The van der Waals surface area contributed by atoms with Gasteiger partial charge in [0.25, 0.3) is 0 Å². The number of carbonyl (C=O) groups is 1. The SMILES string of the molecule is Cc1nnc(N(CC2CC2)C(C)C)c(C(=O)O)c1C. The van der Waals surface area contributed by atoms with Crippen LogP contribution in [0.5, 0.6) is 0 Å². The van der Waals surface area contributed by atoms with Crippen LogP contribution in [-0.2, 0) is 0 Å². The van der Waals surface area contributed by atoms with Crippen LogP contribution >= 0.6 is 0 Å². The fourth-order valence-electron chi connectivity index (χ4n) is 2.17. The molecule has 1 aliphatic rings. The van der Waals surface area contributed by atoms with E-state index in [0.29, 0.717) is 28.6 Å². The van der Waals surface area contributed by atoms with Gasteiger partial charge in [0.15, 0.2) is 5.82 Å². The third kappa shape index (κ3) is 2.85. The van der Waals surface area contributed by atoms with Crippen LogP contribution in [0, 0.1) is 19.8 Å². The number of rotatable bonds is 5. The Bertz CT molecular complexity index is 496. The average Bonchev–Trinajstić information content (AvgIpc) is 3.12. The summed E-state index contributed by atoms with van der Waals surface area (Å²) in [7, 11) is 0. The standard InChI is InChI=1S/C14H21N3O2/c1-8(2)17(7-11-5-6-11)13-12(14(18)19)9(3)10(4)15-16-13/h8,11H,5-7H2,1-4H3,(H,18,19). The van der Waals surface area contributed by atoms with Gasteiger partial charge in [-0.2, -0.15) is 5.10 Å². The third-order valence-electron chi connectivity index (χ3n) is 3.70. The van der Waals surface area contributed by atoms with Gasteiger partial charge >= 0.3 is 5.97 Å². The number of anilines is 1. The molecule has 0 atom stereocenters. The predicted octanol–water partition coefficient (Wildman–Crippen LogP) is 2.42. The smallest absolute Gasteiger partial charge is 0.339 e. The number of hydrogen-bond acceptors (Lipinski definition) is 4. The molecule has 19 heavy (non-hydrogen) atoms. The van der Waals surface area contributed by atoms with E-state index in [1.165, 1.54) is 12.8 Å². The summed E-state index contributed by atoms with van der Waals surface area (Å²) in [6, 6.07) is 0.218. The molecule has 1 aromatic heterocycles. The minimum Gasteiger partial charge on any atom is -0.478 e. The van der Waals surface area contributed by atoms with E-state index in [1.807, 2.05) is 0 Å². The predicted molar refractivity (Wildman–Crippen MR) is 73.7 cm³/mol. The summed E-state index contributed by atoms with van der Waals surface area (Å²) in [5.41, 5.74) is 1.68. The van der Waals surface area contributed by atoms with Crippen LogP contribution < -0.4 is 4.90 Å². The lowest BCUT2D eigenvalue weighted by atomic mass is 10.1. The van der Waals surface area contributed by atoms with Crippen molar-refractivity contribution in [3.8, 4) is 0 Å². The maximum absolute atomic E-state index is 11.5. The Kier molecular flexibility index (Phi) is 3.73. The minimum atomic E-state index is -0.924. The number of nitrogens with zero attached hydrogens (tertiary/aromatic N) is 3. The van der Waals surface area contributed by atoms with E-state index in [4.69, 9.17) is 0 Å². The molecule has 5 nitrogen and oxygen atoms in total. The van der Waals surface area contributed by atoms with Gasteiger partial charge in [-0.15, -0.1) is 5.10 Å². The Morgan fingerprint density at radius 2 is 2.00 bits per heavy atom. The van der Waals surface area contributed by atoms with Crippen molar-refractivity contribution in [2.45, 2.75) is 46.6 Å². The molecule has 0 aliphatic heterocycles. The van der Waals surface area contributed by atoms with Crippen LogP contribution in [0.15, 0.2) is 0 Å². The van der Waals surface area contributed by atoms with Crippen molar-refractivity contribution < 1.29 is 9.90 Å². The van der Waals surface area contributed by atoms with Crippen LogP contribution in [0.3, 0.4) is 0 Å². The zero-order valence-corrected chi connectivity index (χ0v) is 12.0. The van der Waals surface area contributed by atoms with Crippen LogP contribution in [0.25, 0.3) is 0 Å². The molecular formula is C14H21N3O2. The van der Waals surface area contributed by atoms with Crippen molar-refractivity contribution in [1.29, 1.82) is 0 Å². The Hall–Kier alpha value is -1.65. The molecule has 104 valence electrons. The van der Waals surface area contributed by atoms with Gasteiger partial charge in [0, 0.05) is 12.6 Å². The first-order valence-corrected chi connectivity index (χ1v) is 6.75. The second-order valence-corrected chi connectivity index (χ2v) is 5.60. The fraction of sp³-hybridized carbons (Fsp3) is 0.643. The van der Waals surface area contributed by atoms with Gasteiger partial charge in [-0.25, -0.2) is 4.79 Å². The Morgan fingerprint density at radius 1 is 1.37 bits per heavy atom.